The maximum absolute atomic E-state index is 13.6. The van der Waals surface area contributed by atoms with Gasteiger partial charge in [0, 0.05) is 18.3 Å². The maximum atomic E-state index is 13.6. The smallest absolute Gasteiger partial charge is 0.320 e. The van der Waals surface area contributed by atoms with Crippen molar-refractivity contribution in [3.05, 3.63) is 48.7 Å². The molecule has 2 aromatic heterocycles. The highest BCUT2D eigenvalue weighted by atomic mass is 19.3. The van der Waals surface area contributed by atoms with Gasteiger partial charge in [-0.1, -0.05) is 12.8 Å². The third kappa shape index (κ3) is 3.85. The first kappa shape index (κ1) is 18.5. The first-order chi connectivity index (χ1) is 13.6. The molecule has 0 aliphatic heterocycles. The van der Waals surface area contributed by atoms with Crippen LogP contribution in [0.5, 0.6) is 0 Å². The van der Waals surface area contributed by atoms with Crippen LogP contribution in [0.3, 0.4) is 0 Å². The first-order valence-electron chi connectivity index (χ1n) is 9.30. The summed E-state index contributed by atoms with van der Waals surface area (Å²) >= 11 is 0. The molecule has 0 saturated heterocycles. The van der Waals surface area contributed by atoms with Crippen LogP contribution >= 0.6 is 0 Å². The van der Waals surface area contributed by atoms with E-state index < -0.39 is 12.4 Å². The summed E-state index contributed by atoms with van der Waals surface area (Å²) in [5, 5.41) is 3.22. The molecule has 28 heavy (non-hydrogen) atoms. The molecule has 2 heterocycles. The van der Waals surface area contributed by atoms with Crippen LogP contribution in [0.25, 0.3) is 22.6 Å². The Balaban J connectivity index is 1.68. The molecule has 3 aromatic rings. The van der Waals surface area contributed by atoms with Crippen LogP contribution < -0.4 is 5.32 Å². The summed E-state index contributed by atoms with van der Waals surface area (Å²) in [5.74, 6) is 0.587. The SMILES string of the molecule is Fc1ccc(-c2ncn(C(F)F)c2-c2ccnc(NCC3CCCC3)n2)cc1. The summed E-state index contributed by atoms with van der Waals surface area (Å²) in [7, 11) is 0. The van der Waals surface area contributed by atoms with Gasteiger partial charge in [0.1, 0.15) is 12.1 Å². The number of benzene rings is 1. The van der Waals surface area contributed by atoms with E-state index in [1.807, 2.05) is 0 Å². The lowest BCUT2D eigenvalue weighted by atomic mass is 10.1. The lowest BCUT2D eigenvalue weighted by molar-refractivity contribution is 0.0718. The van der Waals surface area contributed by atoms with Crippen LogP contribution in [0, 0.1) is 11.7 Å². The number of rotatable bonds is 6. The van der Waals surface area contributed by atoms with Crippen molar-refractivity contribution < 1.29 is 13.2 Å². The molecule has 1 aromatic carbocycles. The number of halogens is 3. The van der Waals surface area contributed by atoms with E-state index in [0.717, 1.165) is 17.4 Å². The van der Waals surface area contributed by atoms with Gasteiger partial charge in [-0.05, 0) is 49.1 Å². The summed E-state index contributed by atoms with van der Waals surface area (Å²) in [6.45, 7) is -2.01. The van der Waals surface area contributed by atoms with E-state index >= 15 is 0 Å². The highest BCUT2D eigenvalue weighted by Crippen LogP contribution is 2.33. The van der Waals surface area contributed by atoms with Crippen molar-refractivity contribution >= 4 is 5.95 Å². The van der Waals surface area contributed by atoms with E-state index in [9.17, 15) is 13.2 Å². The van der Waals surface area contributed by atoms with Crippen molar-refractivity contribution in [1.82, 2.24) is 19.5 Å². The molecule has 1 saturated carbocycles. The number of aromatic nitrogens is 4. The van der Waals surface area contributed by atoms with E-state index in [0.29, 0.717) is 28.8 Å². The average molecular weight is 387 g/mol. The van der Waals surface area contributed by atoms with E-state index in [1.165, 1.54) is 56.1 Å². The summed E-state index contributed by atoms with van der Waals surface area (Å²) in [6, 6.07) is 7.14. The fourth-order valence-electron chi connectivity index (χ4n) is 3.61. The Kier molecular flexibility index (Phi) is 5.27. The Labute approximate surface area is 160 Å². The van der Waals surface area contributed by atoms with Crippen LogP contribution in [0.1, 0.15) is 32.2 Å². The minimum absolute atomic E-state index is 0.174. The topological polar surface area (TPSA) is 55.6 Å². The van der Waals surface area contributed by atoms with E-state index in [1.54, 1.807) is 6.07 Å². The zero-order chi connectivity index (χ0) is 19.5. The summed E-state index contributed by atoms with van der Waals surface area (Å²) in [4.78, 5) is 12.8. The summed E-state index contributed by atoms with van der Waals surface area (Å²) in [6.07, 6.45) is 7.45. The predicted molar refractivity (Wildman–Crippen MR) is 100 cm³/mol. The van der Waals surface area contributed by atoms with Crippen molar-refractivity contribution in [1.29, 1.82) is 0 Å². The molecule has 0 unspecified atom stereocenters. The number of imidazole rings is 1. The van der Waals surface area contributed by atoms with Gasteiger partial charge in [0.15, 0.2) is 0 Å². The second-order valence-corrected chi connectivity index (χ2v) is 6.93. The molecule has 5 nitrogen and oxygen atoms in total. The molecule has 0 spiro atoms. The molecule has 0 radical (unpaired) electrons. The Morgan fingerprint density at radius 2 is 1.82 bits per heavy atom. The van der Waals surface area contributed by atoms with Crippen LogP contribution in [0.15, 0.2) is 42.9 Å². The maximum Gasteiger partial charge on any atom is 0.320 e. The van der Waals surface area contributed by atoms with Crippen LogP contribution in [-0.2, 0) is 0 Å². The third-order valence-electron chi connectivity index (χ3n) is 5.04. The fourth-order valence-corrected chi connectivity index (χ4v) is 3.61. The van der Waals surface area contributed by atoms with Crippen molar-refractivity contribution in [2.75, 3.05) is 11.9 Å². The molecular weight excluding hydrogens is 367 g/mol. The number of nitrogens with zero attached hydrogens (tertiary/aromatic N) is 4. The molecule has 146 valence electrons. The highest BCUT2D eigenvalue weighted by Gasteiger charge is 2.21. The van der Waals surface area contributed by atoms with Crippen molar-refractivity contribution in [3.63, 3.8) is 0 Å². The third-order valence-corrected chi connectivity index (χ3v) is 5.04. The van der Waals surface area contributed by atoms with E-state index in [4.69, 9.17) is 0 Å². The quantitative estimate of drug-likeness (QED) is 0.636. The van der Waals surface area contributed by atoms with Gasteiger partial charge < -0.3 is 5.32 Å². The fraction of sp³-hybridized carbons (Fsp3) is 0.350. The Bertz CT molecular complexity index is 933. The molecule has 0 bridgehead atoms. The second kappa shape index (κ2) is 8.00. The number of hydrogen-bond donors (Lipinski definition) is 1. The van der Waals surface area contributed by atoms with Gasteiger partial charge in [-0.2, -0.15) is 8.78 Å². The first-order valence-corrected chi connectivity index (χ1v) is 9.30. The molecule has 1 aliphatic rings. The van der Waals surface area contributed by atoms with Crippen molar-refractivity contribution in [2.24, 2.45) is 5.92 Å². The number of nitrogens with one attached hydrogen (secondary N) is 1. The van der Waals surface area contributed by atoms with Gasteiger partial charge in [0.05, 0.1) is 17.1 Å². The van der Waals surface area contributed by atoms with Crippen molar-refractivity contribution in [3.8, 4) is 22.6 Å². The van der Waals surface area contributed by atoms with Crippen LogP contribution in [0.4, 0.5) is 19.1 Å². The van der Waals surface area contributed by atoms with Gasteiger partial charge in [-0.25, -0.2) is 19.3 Å². The Morgan fingerprint density at radius 1 is 1.07 bits per heavy atom. The predicted octanol–water partition coefficient (Wildman–Crippen LogP) is 5.14. The number of alkyl halides is 2. The summed E-state index contributed by atoms with van der Waals surface area (Å²) < 4.78 is 41.1. The van der Waals surface area contributed by atoms with Gasteiger partial charge in [0.2, 0.25) is 5.95 Å². The minimum Gasteiger partial charge on any atom is -0.354 e. The van der Waals surface area contributed by atoms with Gasteiger partial charge in [-0.15, -0.1) is 0 Å². The monoisotopic (exact) mass is 387 g/mol. The van der Waals surface area contributed by atoms with Gasteiger partial charge in [-0.3, -0.25) is 4.57 Å². The van der Waals surface area contributed by atoms with Crippen LogP contribution in [0.2, 0.25) is 0 Å². The zero-order valence-electron chi connectivity index (χ0n) is 15.2. The average Bonchev–Trinajstić information content (AvgIpc) is 3.37. The zero-order valence-corrected chi connectivity index (χ0v) is 15.2. The van der Waals surface area contributed by atoms with E-state index in [2.05, 4.69) is 20.3 Å². The molecule has 1 aliphatic carbocycles. The molecule has 1 fully saturated rings. The molecule has 1 N–H and O–H groups in total. The normalized spacial score (nSPS) is 14.7. The lowest BCUT2D eigenvalue weighted by Gasteiger charge is -2.12. The molecular formula is C20H20F3N5. The molecule has 8 heteroatoms. The largest absolute Gasteiger partial charge is 0.354 e. The highest BCUT2D eigenvalue weighted by molar-refractivity contribution is 5.77. The Morgan fingerprint density at radius 3 is 2.54 bits per heavy atom. The minimum atomic E-state index is -2.78. The van der Waals surface area contributed by atoms with Gasteiger partial charge >= 0.3 is 6.55 Å². The van der Waals surface area contributed by atoms with Gasteiger partial charge in [0.25, 0.3) is 0 Å². The lowest BCUT2D eigenvalue weighted by Crippen LogP contribution is -2.13. The van der Waals surface area contributed by atoms with Crippen LogP contribution in [-0.4, -0.2) is 26.1 Å². The standard InChI is InChI=1S/C20H20F3N5/c21-15-7-5-14(6-8-15)17-18(28(12-26-17)19(22)23)16-9-10-24-20(27-16)25-11-13-3-1-2-4-13/h5-10,12-13,19H,1-4,11H2,(H,24,25,27). The molecule has 0 atom stereocenters. The number of hydrogen-bond acceptors (Lipinski definition) is 4. The summed E-state index contributed by atoms with van der Waals surface area (Å²) in [5.41, 5.74) is 1.37. The van der Waals surface area contributed by atoms with Crippen molar-refractivity contribution in [2.45, 2.75) is 32.2 Å². The second-order valence-electron chi connectivity index (χ2n) is 6.93. The van der Waals surface area contributed by atoms with E-state index in [-0.39, 0.29) is 5.69 Å². The number of anilines is 1. The Hall–Kier alpha value is -2.90. The molecule has 0 amide bonds. The molecule has 4 rings (SSSR count).